The number of ether oxygens (including phenoxy) is 2. The standard InChI is InChI=1S/C18H31NO3/c1-15-6-7-17(16(14-15)18(2,3)4)22-13-12-21-11-9-19(5)8-10-20/h6-7,14,20H,8-13H2,1-5H3. The monoisotopic (exact) mass is 309 g/mol. The average Bonchev–Trinajstić information content (AvgIpc) is 2.43. The van der Waals surface area contributed by atoms with Crippen molar-refractivity contribution in [3.8, 4) is 5.75 Å². The van der Waals surface area contributed by atoms with Crippen molar-refractivity contribution in [1.82, 2.24) is 4.90 Å². The van der Waals surface area contributed by atoms with Gasteiger partial charge in [0, 0.05) is 13.1 Å². The molecule has 0 saturated heterocycles. The number of likely N-dealkylation sites (N-methyl/N-ethyl adjacent to an activating group) is 1. The summed E-state index contributed by atoms with van der Waals surface area (Å²) in [6, 6.07) is 6.32. The summed E-state index contributed by atoms with van der Waals surface area (Å²) in [7, 11) is 1.97. The molecule has 0 aliphatic rings. The molecule has 0 radical (unpaired) electrons. The van der Waals surface area contributed by atoms with Gasteiger partial charge >= 0.3 is 0 Å². The molecule has 0 unspecified atom stereocenters. The molecule has 0 fully saturated rings. The molecular formula is C18H31NO3. The van der Waals surface area contributed by atoms with Crippen molar-refractivity contribution in [1.29, 1.82) is 0 Å². The summed E-state index contributed by atoms with van der Waals surface area (Å²) in [5.74, 6) is 0.944. The van der Waals surface area contributed by atoms with Crippen LogP contribution in [0.15, 0.2) is 18.2 Å². The van der Waals surface area contributed by atoms with Crippen LogP contribution in [0.5, 0.6) is 5.75 Å². The lowest BCUT2D eigenvalue weighted by Crippen LogP contribution is -2.26. The third kappa shape index (κ3) is 6.77. The molecule has 22 heavy (non-hydrogen) atoms. The van der Waals surface area contributed by atoms with E-state index in [1.54, 1.807) is 0 Å². The van der Waals surface area contributed by atoms with Gasteiger partial charge in [0.25, 0.3) is 0 Å². The third-order valence-corrected chi connectivity index (χ3v) is 3.53. The lowest BCUT2D eigenvalue weighted by molar-refractivity contribution is 0.0808. The second-order valence-corrected chi connectivity index (χ2v) is 6.74. The summed E-state index contributed by atoms with van der Waals surface area (Å²) >= 11 is 0. The van der Waals surface area contributed by atoms with Crippen molar-refractivity contribution >= 4 is 0 Å². The minimum atomic E-state index is 0.0647. The van der Waals surface area contributed by atoms with Crippen molar-refractivity contribution in [2.45, 2.75) is 33.1 Å². The summed E-state index contributed by atoms with van der Waals surface area (Å²) in [5.41, 5.74) is 2.55. The average molecular weight is 309 g/mol. The Balaban J connectivity index is 2.37. The van der Waals surface area contributed by atoms with Crippen LogP contribution in [0.25, 0.3) is 0 Å². The number of rotatable bonds is 9. The Morgan fingerprint density at radius 1 is 1.09 bits per heavy atom. The number of nitrogens with zero attached hydrogens (tertiary/aromatic N) is 1. The maximum absolute atomic E-state index is 8.81. The Morgan fingerprint density at radius 3 is 2.45 bits per heavy atom. The van der Waals surface area contributed by atoms with E-state index in [1.807, 2.05) is 18.0 Å². The zero-order valence-electron chi connectivity index (χ0n) is 14.7. The van der Waals surface area contributed by atoms with Crippen molar-refractivity contribution in [3.05, 3.63) is 29.3 Å². The third-order valence-electron chi connectivity index (χ3n) is 3.53. The molecule has 1 rings (SSSR count). The number of benzene rings is 1. The molecule has 0 aromatic heterocycles. The number of aliphatic hydroxyl groups excluding tert-OH is 1. The lowest BCUT2D eigenvalue weighted by Gasteiger charge is -2.23. The molecule has 1 aromatic rings. The van der Waals surface area contributed by atoms with E-state index >= 15 is 0 Å². The molecule has 0 spiro atoms. The van der Waals surface area contributed by atoms with Crippen molar-refractivity contribution < 1.29 is 14.6 Å². The molecular weight excluding hydrogens is 278 g/mol. The van der Waals surface area contributed by atoms with E-state index in [0.717, 1.165) is 12.3 Å². The van der Waals surface area contributed by atoms with Gasteiger partial charge in [-0.2, -0.15) is 0 Å². The van der Waals surface area contributed by atoms with Crippen molar-refractivity contribution in [2.24, 2.45) is 0 Å². The van der Waals surface area contributed by atoms with Crippen LogP contribution in [0.3, 0.4) is 0 Å². The zero-order chi connectivity index (χ0) is 16.6. The number of hydrogen-bond acceptors (Lipinski definition) is 4. The first-order chi connectivity index (χ1) is 10.3. The first-order valence-corrected chi connectivity index (χ1v) is 7.95. The summed E-state index contributed by atoms with van der Waals surface area (Å²) in [6.45, 7) is 12.1. The van der Waals surface area contributed by atoms with Crippen LogP contribution in [0.4, 0.5) is 0 Å². The van der Waals surface area contributed by atoms with Gasteiger partial charge in [-0.15, -0.1) is 0 Å². The van der Waals surface area contributed by atoms with Crippen molar-refractivity contribution in [3.63, 3.8) is 0 Å². The van der Waals surface area contributed by atoms with Crippen LogP contribution in [0, 0.1) is 6.92 Å². The second kappa shape index (κ2) is 9.13. The highest BCUT2D eigenvalue weighted by Gasteiger charge is 2.19. The molecule has 1 aromatic carbocycles. The molecule has 0 amide bonds. The Labute approximate surface area is 135 Å². The van der Waals surface area contributed by atoms with Gasteiger partial charge in [-0.05, 0) is 31.0 Å². The van der Waals surface area contributed by atoms with Gasteiger partial charge in [0.2, 0.25) is 0 Å². The molecule has 4 nitrogen and oxygen atoms in total. The van der Waals surface area contributed by atoms with Crippen molar-refractivity contribution in [2.75, 3.05) is 46.6 Å². The Bertz CT molecular complexity index is 440. The highest BCUT2D eigenvalue weighted by Crippen LogP contribution is 2.32. The second-order valence-electron chi connectivity index (χ2n) is 6.74. The first kappa shape index (κ1) is 18.9. The van der Waals surface area contributed by atoms with Gasteiger partial charge in [-0.3, -0.25) is 0 Å². The highest BCUT2D eigenvalue weighted by atomic mass is 16.5. The first-order valence-electron chi connectivity index (χ1n) is 7.95. The maximum Gasteiger partial charge on any atom is 0.123 e. The SMILES string of the molecule is Cc1ccc(OCCOCCN(C)CCO)c(C(C)(C)C)c1. The van der Waals surface area contributed by atoms with Crippen LogP contribution >= 0.6 is 0 Å². The molecule has 1 N–H and O–H groups in total. The number of hydrogen-bond donors (Lipinski definition) is 1. The lowest BCUT2D eigenvalue weighted by atomic mass is 9.85. The van der Waals surface area contributed by atoms with E-state index in [1.165, 1.54) is 11.1 Å². The maximum atomic E-state index is 8.81. The predicted octanol–water partition coefficient (Wildman–Crippen LogP) is 2.61. The molecule has 0 bridgehead atoms. The van der Waals surface area contributed by atoms with E-state index < -0.39 is 0 Å². The molecule has 4 heteroatoms. The van der Waals surface area contributed by atoms with Gasteiger partial charge in [0.15, 0.2) is 0 Å². The highest BCUT2D eigenvalue weighted by molar-refractivity contribution is 5.41. The Hall–Kier alpha value is -1.10. The Morgan fingerprint density at radius 2 is 1.82 bits per heavy atom. The molecule has 0 atom stereocenters. The van der Waals surface area contributed by atoms with Gasteiger partial charge in [0.05, 0.1) is 19.8 Å². The van der Waals surface area contributed by atoms with E-state index in [9.17, 15) is 0 Å². The Kier molecular flexibility index (Phi) is 7.87. The summed E-state index contributed by atoms with van der Waals surface area (Å²) in [4.78, 5) is 2.04. The van der Waals surface area contributed by atoms with E-state index in [0.29, 0.717) is 26.4 Å². The fourth-order valence-corrected chi connectivity index (χ4v) is 2.17. The van der Waals surface area contributed by atoms with Crippen LogP contribution in [-0.4, -0.2) is 56.6 Å². The summed E-state index contributed by atoms with van der Waals surface area (Å²) < 4.78 is 11.5. The van der Waals surface area contributed by atoms with E-state index in [4.69, 9.17) is 14.6 Å². The number of aliphatic hydroxyl groups is 1. The quantitative estimate of drug-likeness (QED) is 0.712. The number of aryl methyl sites for hydroxylation is 1. The zero-order valence-corrected chi connectivity index (χ0v) is 14.7. The van der Waals surface area contributed by atoms with E-state index in [-0.39, 0.29) is 12.0 Å². The molecule has 0 saturated carbocycles. The molecule has 0 aliphatic carbocycles. The van der Waals surface area contributed by atoms with Gasteiger partial charge in [0.1, 0.15) is 12.4 Å². The summed E-state index contributed by atoms with van der Waals surface area (Å²) in [6.07, 6.45) is 0. The van der Waals surface area contributed by atoms with Crippen LogP contribution in [-0.2, 0) is 10.2 Å². The summed E-state index contributed by atoms with van der Waals surface area (Å²) in [5, 5.41) is 8.81. The topological polar surface area (TPSA) is 41.9 Å². The largest absolute Gasteiger partial charge is 0.491 e. The minimum absolute atomic E-state index is 0.0647. The molecule has 0 heterocycles. The van der Waals surface area contributed by atoms with Gasteiger partial charge < -0.3 is 19.5 Å². The van der Waals surface area contributed by atoms with Crippen LogP contribution in [0.2, 0.25) is 0 Å². The van der Waals surface area contributed by atoms with Gasteiger partial charge in [-0.25, -0.2) is 0 Å². The predicted molar refractivity (Wildman–Crippen MR) is 90.8 cm³/mol. The van der Waals surface area contributed by atoms with Crippen LogP contribution < -0.4 is 4.74 Å². The van der Waals surface area contributed by atoms with Gasteiger partial charge in [-0.1, -0.05) is 38.5 Å². The molecule has 0 aliphatic heterocycles. The smallest absolute Gasteiger partial charge is 0.123 e. The fourth-order valence-electron chi connectivity index (χ4n) is 2.17. The van der Waals surface area contributed by atoms with Crippen LogP contribution in [0.1, 0.15) is 31.9 Å². The molecule has 126 valence electrons. The normalized spacial score (nSPS) is 12.0. The minimum Gasteiger partial charge on any atom is -0.491 e. The van der Waals surface area contributed by atoms with E-state index in [2.05, 4.69) is 39.8 Å². The fraction of sp³-hybridized carbons (Fsp3) is 0.667.